The van der Waals surface area contributed by atoms with Crippen LogP contribution in [-0.4, -0.2) is 25.8 Å². The smallest absolute Gasteiger partial charge is 0.334 e. The number of nitrogens with zero attached hydrogens (tertiary/aromatic N) is 4. The van der Waals surface area contributed by atoms with Gasteiger partial charge in [0.1, 0.15) is 12.1 Å². The first kappa shape index (κ1) is 18.7. The Bertz CT molecular complexity index is 1020. The number of anilines is 5. The number of pyridine rings is 1. The van der Waals surface area contributed by atoms with Crippen LogP contribution in [0.1, 0.15) is 12.6 Å². The van der Waals surface area contributed by atoms with Crippen molar-refractivity contribution in [3.05, 3.63) is 64.6 Å². The molecule has 0 aliphatic rings. The molecule has 0 saturated carbocycles. The molecule has 0 saturated heterocycles. The zero-order valence-electron chi connectivity index (χ0n) is 15.1. The summed E-state index contributed by atoms with van der Waals surface area (Å²) in [5.74, 6) is 0.304. The minimum atomic E-state index is -0.563. The second-order valence-corrected chi connectivity index (χ2v) is 5.85. The van der Waals surface area contributed by atoms with Gasteiger partial charge in [0.05, 0.1) is 4.92 Å². The lowest BCUT2D eigenvalue weighted by Crippen LogP contribution is -2.07. The molecule has 0 fully saturated rings. The van der Waals surface area contributed by atoms with Crippen LogP contribution in [0.15, 0.2) is 48.8 Å². The van der Waals surface area contributed by atoms with E-state index in [1.807, 2.05) is 13.0 Å². The van der Waals surface area contributed by atoms with Gasteiger partial charge in [-0.05, 0) is 43.3 Å². The number of carbonyl (C=O) groups excluding carboxylic acids is 1. The highest BCUT2D eigenvalue weighted by Crippen LogP contribution is 2.32. The Morgan fingerprint density at radius 2 is 1.64 bits per heavy atom. The molecule has 0 spiro atoms. The van der Waals surface area contributed by atoms with Crippen LogP contribution in [0.25, 0.3) is 0 Å². The summed E-state index contributed by atoms with van der Waals surface area (Å²) in [5, 5.41) is 20.1. The Kier molecular flexibility index (Phi) is 5.40. The molecule has 1 aromatic carbocycles. The zero-order valence-corrected chi connectivity index (χ0v) is 15.1. The monoisotopic (exact) mass is 379 g/mol. The maximum absolute atomic E-state index is 11.6. The first-order valence-electron chi connectivity index (χ1n) is 8.27. The van der Waals surface area contributed by atoms with Crippen LogP contribution < -0.4 is 16.0 Å². The molecular formula is C18H17N7O3. The highest BCUT2D eigenvalue weighted by molar-refractivity contribution is 5.89. The Morgan fingerprint density at radius 3 is 2.25 bits per heavy atom. The third kappa shape index (κ3) is 4.55. The van der Waals surface area contributed by atoms with Crippen LogP contribution in [0.5, 0.6) is 0 Å². The van der Waals surface area contributed by atoms with E-state index in [9.17, 15) is 14.9 Å². The van der Waals surface area contributed by atoms with Crippen molar-refractivity contribution >= 4 is 40.4 Å². The number of hydrogen-bond donors (Lipinski definition) is 3. The summed E-state index contributed by atoms with van der Waals surface area (Å²) in [7, 11) is 0. The molecule has 2 aromatic heterocycles. The number of benzene rings is 1. The number of aryl methyl sites for hydroxylation is 1. The second-order valence-electron chi connectivity index (χ2n) is 5.85. The number of nitrogens with one attached hydrogen (secondary N) is 3. The van der Waals surface area contributed by atoms with Crippen molar-refractivity contribution in [2.45, 2.75) is 13.8 Å². The van der Waals surface area contributed by atoms with Gasteiger partial charge < -0.3 is 16.0 Å². The molecular weight excluding hydrogens is 362 g/mol. The summed E-state index contributed by atoms with van der Waals surface area (Å²) in [4.78, 5) is 34.4. The Hall–Kier alpha value is -4.08. The summed E-state index contributed by atoms with van der Waals surface area (Å²) >= 11 is 0. The Balaban J connectivity index is 1.89. The molecule has 0 bridgehead atoms. The normalized spacial score (nSPS) is 10.2. The minimum absolute atomic E-state index is 0.0236. The predicted octanol–water partition coefficient (Wildman–Crippen LogP) is 3.53. The molecule has 28 heavy (non-hydrogen) atoms. The zero-order chi connectivity index (χ0) is 20.1. The van der Waals surface area contributed by atoms with Gasteiger partial charge in [0.25, 0.3) is 0 Å². The van der Waals surface area contributed by atoms with Crippen LogP contribution in [0, 0.1) is 17.0 Å². The van der Waals surface area contributed by atoms with E-state index in [0.717, 1.165) is 5.69 Å². The average molecular weight is 379 g/mol. The molecule has 2 heterocycles. The predicted molar refractivity (Wildman–Crippen MR) is 105 cm³/mol. The van der Waals surface area contributed by atoms with Crippen molar-refractivity contribution in [2.75, 3.05) is 16.0 Å². The van der Waals surface area contributed by atoms with Crippen molar-refractivity contribution in [1.29, 1.82) is 0 Å². The quantitative estimate of drug-likeness (QED) is 0.437. The van der Waals surface area contributed by atoms with E-state index in [4.69, 9.17) is 0 Å². The van der Waals surface area contributed by atoms with Crippen LogP contribution >= 0.6 is 0 Å². The summed E-state index contributed by atoms with van der Waals surface area (Å²) < 4.78 is 0. The number of rotatable bonds is 6. The molecule has 3 aromatic rings. The van der Waals surface area contributed by atoms with Crippen LogP contribution in [0.3, 0.4) is 0 Å². The molecule has 3 N–H and O–H groups in total. The number of nitro groups is 1. The molecule has 0 aliphatic heterocycles. The lowest BCUT2D eigenvalue weighted by molar-refractivity contribution is -0.383. The van der Waals surface area contributed by atoms with E-state index in [1.165, 1.54) is 13.3 Å². The first-order chi connectivity index (χ1) is 13.4. The van der Waals surface area contributed by atoms with Crippen molar-refractivity contribution in [1.82, 2.24) is 15.0 Å². The van der Waals surface area contributed by atoms with Gasteiger partial charge in [-0.25, -0.2) is 15.0 Å². The molecule has 3 rings (SSSR count). The van der Waals surface area contributed by atoms with Gasteiger partial charge in [-0.2, -0.15) is 0 Å². The molecule has 10 heteroatoms. The van der Waals surface area contributed by atoms with Crippen molar-refractivity contribution in [2.24, 2.45) is 0 Å². The largest absolute Gasteiger partial charge is 0.353 e. The van der Waals surface area contributed by atoms with Gasteiger partial charge >= 0.3 is 5.69 Å². The molecule has 1 amide bonds. The highest BCUT2D eigenvalue weighted by atomic mass is 16.6. The summed E-state index contributed by atoms with van der Waals surface area (Å²) in [6.07, 6.45) is 1.22. The van der Waals surface area contributed by atoms with E-state index < -0.39 is 4.92 Å². The third-order valence-electron chi connectivity index (χ3n) is 3.61. The SMILES string of the molecule is CC(=O)Nc1ccc(Nc2ncnc(Nc3cccc(C)n3)c2[N+](=O)[O-])cc1. The summed E-state index contributed by atoms with van der Waals surface area (Å²) in [6.45, 7) is 3.23. The highest BCUT2D eigenvalue weighted by Gasteiger charge is 2.23. The summed E-state index contributed by atoms with van der Waals surface area (Å²) in [5.41, 5.74) is 1.63. The second kappa shape index (κ2) is 8.08. The fraction of sp³-hybridized carbons (Fsp3) is 0.111. The van der Waals surface area contributed by atoms with Gasteiger partial charge in [-0.3, -0.25) is 14.9 Å². The minimum Gasteiger partial charge on any atom is -0.334 e. The maximum Gasteiger partial charge on any atom is 0.353 e. The number of hydrogen-bond acceptors (Lipinski definition) is 8. The van der Waals surface area contributed by atoms with Gasteiger partial charge in [0, 0.05) is 24.0 Å². The van der Waals surface area contributed by atoms with E-state index in [0.29, 0.717) is 17.2 Å². The van der Waals surface area contributed by atoms with Crippen LogP contribution in [0.2, 0.25) is 0 Å². The standard InChI is InChI=1S/C18H17N7O3/c1-11-4-3-5-15(21-11)24-18-16(25(27)28)17(19-10-20-18)23-14-8-6-13(7-9-14)22-12(2)26/h3-10H,1-2H3,(H,22,26)(H2,19,20,21,23,24). The first-order valence-corrected chi connectivity index (χ1v) is 8.27. The molecule has 10 nitrogen and oxygen atoms in total. The van der Waals surface area contributed by atoms with Crippen molar-refractivity contribution in [3.8, 4) is 0 Å². The van der Waals surface area contributed by atoms with Gasteiger partial charge in [0.2, 0.25) is 17.5 Å². The number of aromatic nitrogens is 3. The molecule has 0 atom stereocenters. The lowest BCUT2D eigenvalue weighted by atomic mass is 10.2. The molecule has 0 aliphatic carbocycles. The van der Waals surface area contributed by atoms with E-state index in [-0.39, 0.29) is 23.2 Å². The number of carbonyl (C=O) groups is 1. The van der Waals surface area contributed by atoms with Crippen LogP contribution in [0.4, 0.5) is 34.5 Å². The van der Waals surface area contributed by atoms with E-state index in [2.05, 4.69) is 30.9 Å². The Labute approximate surface area is 160 Å². The van der Waals surface area contributed by atoms with Crippen molar-refractivity contribution < 1.29 is 9.72 Å². The maximum atomic E-state index is 11.6. The molecule has 0 radical (unpaired) electrons. The molecule has 142 valence electrons. The number of amides is 1. The lowest BCUT2D eigenvalue weighted by Gasteiger charge is -2.10. The fourth-order valence-electron chi connectivity index (χ4n) is 2.45. The Morgan fingerprint density at radius 1 is 1.00 bits per heavy atom. The third-order valence-corrected chi connectivity index (χ3v) is 3.61. The van der Waals surface area contributed by atoms with Crippen molar-refractivity contribution in [3.63, 3.8) is 0 Å². The average Bonchev–Trinajstić information content (AvgIpc) is 2.63. The topological polar surface area (TPSA) is 135 Å². The van der Waals surface area contributed by atoms with Gasteiger partial charge in [-0.15, -0.1) is 0 Å². The van der Waals surface area contributed by atoms with Gasteiger partial charge in [0.15, 0.2) is 0 Å². The molecule has 0 unspecified atom stereocenters. The summed E-state index contributed by atoms with van der Waals surface area (Å²) in [6, 6.07) is 12.0. The van der Waals surface area contributed by atoms with Crippen LogP contribution in [-0.2, 0) is 4.79 Å². The fourth-order valence-corrected chi connectivity index (χ4v) is 2.45. The van der Waals surface area contributed by atoms with Gasteiger partial charge in [-0.1, -0.05) is 6.07 Å². The van der Waals surface area contributed by atoms with E-state index >= 15 is 0 Å². The van der Waals surface area contributed by atoms with E-state index in [1.54, 1.807) is 36.4 Å².